The Labute approximate surface area is 202 Å². The summed E-state index contributed by atoms with van der Waals surface area (Å²) < 4.78 is 16.7. The number of carbonyl (C=O) groups excluding carboxylic acids is 1. The van der Waals surface area contributed by atoms with Gasteiger partial charge in [-0.1, -0.05) is 61.2 Å². The molecule has 0 radical (unpaired) electrons. The van der Waals surface area contributed by atoms with Crippen LogP contribution in [0.4, 0.5) is 0 Å². The predicted molar refractivity (Wildman–Crippen MR) is 135 cm³/mol. The highest BCUT2D eigenvalue weighted by Crippen LogP contribution is 2.31. The third-order valence-corrected chi connectivity index (χ3v) is 5.80. The molecule has 1 aliphatic carbocycles. The SMILES string of the molecule is C=C/C(COc1ccc(CC(=O)NC(C2=CCCC=C2OC)c2ccccc2)cc1)=C(/C)OC. The van der Waals surface area contributed by atoms with Gasteiger partial charge in [-0.25, -0.2) is 0 Å². The van der Waals surface area contributed by atoms with Crippen molar-refractivity contribution in [2.75, 3.05) is 20.8 Å². The summed E-state index contributed by atoms with van der Waals surface area (Å²) in [6.45, 7) is 6.04. The first-order valence-corrected chi connectivity index (χ1v) is 11.4. The van der Waals surface area contributed by atoms with E-state index < -0.39 is 0 Å². The van der Waals surface area contributed by atoms with Crippen molar-refractivity contribution in [3.8, 4) is 5.75 Å². The molecule has 1 atom stereocenters. The largest absolute Gasteiger partial charge is 0.501 e. The Morgan fingerprint density at radius 2 is 1.76 bits per heavy atom. The van der Waals surface area contributed by atoms with Gasteiger partial charge in [-0.15, -0.1) is 0 Å². The van der Waals surface area contributed by atoms with Gasteiger partial charge >= 0.3 is 0 Å². The number of rotatable bonds is 11. The second-order valence-electron chi connectivity index (χ2n) is 8.02. The van der Waals surface area contributed by atoms with Crippen LogP contribution >= 0.6 is 0 Å². The lowest BCUT2D eigenvalue weighted by molar-refractivity contribution is -0.121. The zero-order valence-corrected chi connectivity index (χ0v) is 20.2. The van der Waals surface area contributed by atoms with E-state index in [2.05, 4.69) is 24.0 Å². The Bertz CT molecular complexity index is 1070. The topological polar surface area (TPSA) is 56.8 Å². The molecular formula is C29H33NO4. The summed E-state index contributed by atoms with van der Waals surface area (Å²) in [6.07, 6.45) is 8.09. The molecule has 2 aromatic rings. The highest BCUT2D eigenvalue weighted by molar-refractivity contribution is 5.79. The van der Waals surface area contributed by atoms with Gasteiger partial charge in [0.2, 0.25) is 5.91 Å². The average molecular weight is 460 g/mol. The number of ether oxygens (including phenoxy) is 3. The Morgan fingerprint density at radius 1 is 1.06 bits per heavy atom. The van der Waals surface area contributed by atoms with E-state index in [0.717, 1.165) is 52.4 Å². The molecule has 0 fully saturated rings. The first-order chi connectivity index (χ1) is 16.5. The molecule has 0 aliphatic heterocycles. The maximum Gasteiger partial charge on any atom is 0.225 e. The van der Waals surface area contributed by atoms with E-state index in [-0.39, 0.29) is 18.4 Å². The molecule has 0 spiro atoms. The first kappa shape index (κ1) is 24.9. The van der Waals surface area contributed by atoms with Crippen molar-refractivity contribution in [2.24, 2.45) is 0 Å². The lowest BCUT2D eigenvalue weighted by atomic mass is 9.92. The summed E-state index contributed by atoms with van der Waals surface area (Å²) in [5, 5.41) is 3.21. The van der Waals surface area contributed by atoms with Crippen LogP contribution in [0, 0.1) is 0 Å². The van der Waals surface area contributed by atoms with Gasteiger partial charge in [0.15, 0.2) is 0 Å². The van der Waals surface area contributed by atoms with Crippen LogP contribution in [-0.2, 0) is 20.7 Å². The van der Waals surface area contributed by atoms with E-state index in [9.17, 15) is 4.79 Å². The van der Waals surface area contributed by atoms with Gasteiger partial charge in [-0.2, -0.15) is 0 Å². The molecule has 34 heavy (non-hydrogen) atoms. The van der Waals surface area contributed by atoms with E-state index >= 15 is 0 Å². The molecule has 0 bridgehead atoms. The summed E-state index contributed by atoms with van der Waals surface area (Å²) in [4.78, 5) is 13.0. The minimum Gasteiger partial charge on any atom is -0.501 e. The van der Waals surface area contributed by atoms with E-state index in [1.54, 1.807) is 20.3 Å². The molecule has 0 saturated carbocycles. The fourth-order valence-corrected chi connectivity index (χ4v) is 3.82. The zero-order chi connectivity index (χ0) is 24.3. The summed E-state index contributed by atoms with van der Waals surface area (Å²) in [7, 11) is 3.29. The van der Waals surface area contributed by atoms with Crippen molar-refractivity contribution in [1.82, 2.24) is 5.32 Å². The van der Waals surface area contributed by atoms with Gasteiger partial charge in [-0.05, 0) is 49.1 Å². The molecule has 0 heterocycles. The molecule has 178 valence electrons. The molecule has 5 nitrogen and oxygen atoms in total. The molecule has 0 aromatic heterocycles. The summed E-state index contributed by atoms with van der Waals surface area (Å²) >= 11 is 0. The number of carbonyl (C=O) groups is 1. The van der Waals surface area contributed by atoms with Crippen molar-refractivity contribution in [3.63, 3.8) is 0 Å². The van der Waals surface area contributed by atoms with Gasteiger partial charge in [-0.3, -0.25) is 4.79 Å². The Balaban J connectivity index is 1.67. The number of benzene rings is 2. The molecule has 1 aliphatic rings. The highest BCUT2D eigenvalue weighted by Gasteiger charge is 2.24. The molecule has 3 rings (SSSR count). The summed E-state index contributed by atoms with van der Waals surface area (Å²) in [6, 6.07) is 17.3. The number of amides is 1. The van der Waals surface area contributed by atoms with Crippen molar-refractivity contribution in [2.45, 2.75) is 32.2 Å². The van der Waals surface area contributed by atoms with E-state index in [1.165, 1.54) is 0 Å². The van der Waals surface area contributed by atoms with Crippen LogP contribution in [0.3, 0.4) is 0 Å². The van der Waals surface area contributed by atoms with Crippen LogP contribution in [0.25, 0.3) is 0 Å². The smallest absolute Gasteiger partial charge is 0.225 e. The monoisotopic (exact) mass is 459 g/mol. The van der Waals surface area contributed by atoms with Crippen LogP contribution in [0.2, 0.25) is 0 Å². The number of methoxy groups -OCH3 is 2. The van der Waals surface area contributed by atoms with Crippen molar-refractivity contribution < 1.29 is 19.0 Å². The lowest BCUT2D eigenvalue weighted by Gasteiger charge is -2.26. The third-order valence-electron chi connectivity index (χ3n) is 5.80. The van der Waals surface area contributed by atoms with Gasteiger partial charge in [0.05, 0.1) is 32.4 Å². The molecule has 1 amide bonds. The quantitative estimate of drug-likeness (QED) is 0.340. The minimum absolute atomic E-state index is 0.0583. The van der Waals surface area contributed by atoms with Gasteiger partial charge in [0, 0.05) is 11.1 Å². The molecular weight excluding hydrogens is 426 g/mol. The molecule has 1 N–H and O–H groups in total. The van der Waals surface area contributed by atoms with Gasteiger partial charge < -0.3 is 19.5 Å². The first-order valence-electron chi connectivity index (χ1n) is 11.4. The van der Waals surface area contributed by atoms with Crippen LogP contribution in [0.1, 0.15) is 36.9 Å². The van der Waals surface area contributed by atoms with E-state index in [0.29, 0.717) is 6.61 Å². The Kier molecular flexibility index (Phi) is 9.15. The number of allylic oxidation sites excluding steroid dienone is 3. The fraction of sp³-hybridized carbons (Fsp3) is 0.276. The van der Waals surface area contributed by atoms with Gasteiger partial charge in [0.1, 0.15) is 18.1 Å². The second kappa shape index (κ2) is 12.5. The maximum absolute atomic E-state index is 13.0. The predicted octanol–water partition coefficient (Wildman–Crippen LogP) is 5.82. The van der Waals surface area contributed by atoms with E-state index in [1.807, 2.05) is 61.5 Å². The molecule has 5 heteroatoms. The zero-order valence-electron chi connectivity index (χ0n) is 20.2. The number of hydrogen-bond acceptors (Lipinski definition) is 4. The average Bonchev–Trinajstić information content (AvgIpc) is 2.88. The molecule has 2 aromatic carbocycles. The van der Waals surface area contributed by atoms with Crippen molar-refractivity contribution in [3.05, 3.63) is 113 Å². The van der Waals surface area contributed by atoms with Gasteiger partial charge in [0.25, 0.3) is 0 Å². The Hall–Kier alpha value is -3.73. The van der Waals surface area contributed by atoms with Crippen LogP contribution in [0.5, 0.6) is 5.75 Å². The maximum atomic E-state index is 13.0. The summed E-state index contributed by atoms with van der Waals surface area (Å²) in [5.41, 5.74) is 3.81. The Morgan fingerprint density at radius 3 is 2.41 bits per heavy atom. The number of nitrogens with one attached hydrogen (secondary N) is 1. The molecule has 0 saturated heterocycles. The van der Waals surface area contributed by atoms with Crippen LogP contribution in [-0.4, -0.2) is 26.7 Å². The van der Waals surface area contributed by atoms with Crippen LogP contribution in [0.15, 0.2) is 102 Å². The normalized spacial score (nSPS) is 14.7. The summed E-state index contributed by atoms with van der Waals surface area (Å²) in [5.74, 6) is 2.25. The minimum atomic E-state index is -0.268. The lowest BCUT2D eigenvalue weighted by Crippen LogP contribution is -2.32. The fourth-order valence-electron chi connectivity index (χ4n) is 3.82. The standard InChI is InChI=1S/C29H33NO4/c1-5-23(21(2)32-3)20-34-25-17-15-22(16-18-25)19-28(31)30-29(24-11-7-6-8-12-24)26-13-9-10-14-27(26)33-4/h5-8,11-18,29H,1,9-10,19-20H2,2-4H3,(H,30,31)/b23-21+. The highest BCUT2D eigenvalue weighted by atomic mass is 16.5. The third kappa shape index (κ3) is 6.64. The van der Waals surface area contributed by atoms with Crippen molar-refractivity contribution in [1.29, 1.82) is 0 Å². The number of hydrogen-bond donors (Lipinski definition) is 1. The second-order valence-corrected chi connectivity index (χ2v) is 8.02. The van der Waals surface area contributed by atoms with Crippen LogP contribution < -0.4 is 10.1 Å². The van der Waals surface area contributed by atoms with E-state index in [4.69, 9.17) is 14.2 Å². The molecule has 1 unspecified atom stereocenters. The van der Waals surface area contributed by atoms with Crippen molar-refractivity contribution >= 4 is 5.91 Å².